The zero-order valence-corrected chi connectivity index (χ0v) is 22.8. The van der Waals surface area contributed by atoms with E-state index in [0.717, 1.165) is 17.7 Å². The molecule has 0 saturated heterocycles. The third-order valence-corrected chi connectivity index (χ3v) is 5.46. The van der Waals surface area contributed by atoms with Crippen molar-refractivity contribution in [2.75, 3.05) is 33.0 Å². The molecule has 0 aromatic heterocycles. The van der Waals surface area contributed by atoms with E-state index in [1.807, 2.05) is 0 Å². The number of carbonyl (C=O) groups excluding carboxylic acids is 4. The first-order valence-electron chi connectivity index (χ1n) is 12.9. The first-order valence-corrected chi connectivity index (χ1v) is 12.9. The first-order chi connectivity index (χ1) is 20.4. The van der Waals surface area contributed by atoms with Gasteiger partial charge in [-0.15, -0.1) is 0 Å². The van der Waals surface area contributed by atoms with Crippen LogP contribution in [0.2, 0.25) is 0 Å². The number of benzene rings is 3. The van der Waals surface area contributed by atoms with Crippen molar-refractivity contribution in [3.05, 3.63) is 115 Å². The van der Waals surface area contributed by atoms with Crippen molar-refractivity contribution in [2.24, 2.45) is 0 Å². The molecule has 0 fully saturated rings. The van der Waals surface area contributed by atoms with E-state index < -0.39 is 23.9 Å². The average molecular weight is 575 g/mol. The second-order valence-electron chi connectivity index (χ2n) is 8.41. The number of rotatable bonds is 16. The Morgan fingerprint density at radius 3 is 1.45 bits per heavy atom. The van der Waals surface area contributed by atoms with Crippen molar-refractivity contribution in [1.29, 1.82) is 0 Å². The lowest BCUT2D eigenvalue weighted by Gasteiger charge is -2.09. The lowest BCUT2D eigenvalue weighted by atomic mass is 10.1. The molecule has 0 saturated carbocycles. The molecule has 3 rings (SSSR count). The maximum atomic E-state index is 12.5. The highest BCUT2D eigenvalue weighted by Crippen LogP contribution is 2.18. The molecule has 0 amide bonds. The number of carbonyl (C=O) groups is 4. The van der Waals surface area contributed by atoms with E-state index in [-0.39, 0.29) is 33.0 Å². The molecule has 0 aliphatic carbocycles. The molecule has 0 unspecified atom stereocenters. The van der Waals surface area contributed by atoms with Gasteiger partial charge < -0.3 is 28.4 Å². The van der Waals surface area contributed by atoms with Crippen LogP contribution in [0.25, 0.3) is 0 Å². The fourth-order valence-electron chi connectivity index (χ4n) is 3.33. The summed E-state index contributed by atoms with van der Waals surface area (Å²) in [7, 11) is 0. The van der Waals surface area contributed by atoms with Gasteiger partial charge in [0, 0.05) is 18.6 Å². The molecule has 10 heteroatoms. The molecule has 10 nitrogen and oxygen atoms in total. The minimum atomic E-state index is -0.532. The fraction of sp³-hybridized carbons (Fsp3) is 0.188. The summed E-state index contributed by atoms with van der Waals surface area (Å²) in [6, 6.07) is 19.7. The molecule has 0 heterocycles. The maximum Gasteiger partial charge on any atom is 0.343 e. The van der Waals surface area contributed by atoms with E-state index in [1.54, 1.807) is 72.8 Å². The highest BCUT2D eigenvalue weighted by molar-refractivity contribution is 5.91. The first kappa shape index (κ1) is 31.2. The molecule has 218 valence electrons. The van der Waals surface area contributed by atoms with Crippen LogP contribution in [0.1, 0.15) is 26.3 Å². The van der Waals surface area contributed by atoms with Crippen LogP contribution in [-0.4, -0.2) is 56.9 Å². The second-order valence-corrected chi connectivity index (χ2v) is 8.41. The Balaban J connectivity index is 1.36. The highest BCUT2D eigenvalue weighted by atomic mass is 16.6. The quantitative estimate of drug-likeness (QED) is 0.0793. The lowest BCUT2D eigenvalue weighted by molar-refractivity contribution is -0.139. The van der Waals surface area contributed by atoms with Crippen molar-refractivity contribution in [2.45, 2.75) is 6.42 Å². The van der Waals surface area contributed by atoms with Crippen LogP contribution in [0.15, 0.2) is 98.1 Å². The van der Waals surface area contributed by atoms with Gasteiger partial charge in [-0.1, -0.05) is 25.3 Å². The summed E-state index contributed by atoms with van der Waals surface area (Å²) in [5.74, 6) is -0.652. The number of hydrogen-bond donors (Lipinski definition) is 0. The van der Waals surface area contributed by atoms with Crippen LogP contribution in [-0.2, 0) is 30.2 Å². The summed E-state index contributed by atoms with van der Waals surface area (Å²) in [5, 5.41) is 0. The molecule has 0 aliphatic rings. The molecule has 0 aliphatic heterocycles. The average Bonchev–Trinajstić information content (AvgIpc) is 3.02. The number of hydrogen-bond acceptors (Lipinski definition) is 10. The van der Waals surface area contributed by atoms with Crippen molar-refractivity contribution in [1.82, 2.24) is 0 Å². The highest BCUT2D eigenvalue weighted by Gasteiger charge is 2.10. The Morgan fingerprint density at radius 2 is 0.976 bits per heavy atom. The van der Waals surface area contributed by atoms with Crippen molar-refractivity contribution in [3.63, 3.8) is 0 Å². The van der Waals surface area contributed by atoms with E-state index in [2.05, 4.69) is 13.2 Å². The third kappa shape index (κ3) is 10.6. The van der Waals surface area contributed by atoms with Gasteiger partial charge in [0.25, 0.3) is 0 Å². The van der Waals surface area contributed by atoms with Gasteiger partial charge in [0.1, 0.15) is 43.7 Å². The number of esters is 4. The van der Waals surface area contributed by atoms with Crippen LogP contribution in [0.4, 0.5) is 0 Å². The zero-order valence-electron chi connectivity index (χ0n) is 22.8. The Bertz CT molecular complexity index is 1360. The van der Waals surface area contributed by atoms with Gasteiger partial charge in [0.2, 0.25) is 0 Å². The Morgan fingerprint density at radius 1 is 0.524 bits per heavy atom. The molecule has 0 N–H and O–H groups in total. The molecular weight excluding hydrogens is 544 g/mol. The van der Waals surface area contributed by atoms with Gasteiger partial charge in [-0.3, -0.25) is 0 Å². The normalized spacial score (nSPS) is 10.1. The molecular formula is C32H30O10. The summed E-state index contributed by atoms with van der Waals surface area (Å²) in [6.45, 7) is 7.28. The van der Waals surface area contributed by atoms with Crippen LogP contribution in [0, 0.1) is 0 Å². The third-order valence-electron chi connectivity index (χ3n) is 5.46. The summed E-state index contributed by atoms with van der Waals surface area (Å²) < 4.78 is 31.3. The minimum absolute atomic E-state index is 0.0804. The smallest absolute Gasteiger partial charge is 0.343 e. The molecule has 0 atom stereocenters. The van der Waals surface area contributed by atoms with E-state index in [9.17, 15) is 19.2 Å². The van der Waals surface area contributed by atoms with Crippen molar-refractivity contribution in [3.8, 4) is 17.2 Å². The van der Waals surface area contributed by atoms with Gasteiger partial charge in [-0.25, -0.2) is 19.2 Å². The Labute approximate surface area is 243 Å². The van der Waals surface area contributed by atoms with E-state index in [4.69, 9.17) is 28.4 Å². The molecule has 3 aromatic carbocycles. The van der Waals surface area contributed by atoms with Crippen LogP contribution >= 0.6 is 0 Å². The van der Waals surface area contributed by atoms with E-state index >= 15 is 0 Å². The topological polar surface area (TPSA) is 124 Å². The van der Waals surface area contributed by atoms with E-state index in [1.165, 1.54) is 0 Å². The molecule has 42 heavy (non-hydrogen) atoms. The summed E-state index contributed by atoms with van der Waals surface area (Å²) >= 11 is 0. The zero-order chi connectivity index (χ0) is 30.2. The van der Waals surface area contributed by atoms with Crippen molar-refractivity contribution >= 4 is 23.9 Å². The van der Waals surface area contributed by atoms with E-state index in [0.29, 0.717) is 34.8 Å². The summed E-state index contributed by atoms with van der Waals surface area (Å²) in [5.41, 5.74) is 1.60. The second kappa shape index (κ2) is 16.7. The molecule has 0 radical (unpaired) electrons. The predicted molar refractivity (Wildman–Crippen MR) is 152 cm³/mol. The van der Waals surface area contributed by atoms with Crippen LogP contribution in [0.5, 0.6) is 17.2 Å². The lowest BCUT2D eigenvalue weighted by Crippen LogP contribution is -2.11. The monoisotopic (exact) mass is 574 g/mol. The largest absolute Gasteiger partial charge is 0.490 e. The van der Waals surface area contributed by atoms with Gasteiger partial charge in [-0.2, -0.15) is 0 Å². The van der Waals surface area contributed by atoms with Gasteiger partial charge in [0.15, 0.2) is 0 Å². The summed E-state index contributed by atoms with van der Waals surface area (Å²) in [6.07, 6.45) is 2.62. The number of ether oxygens (including phenoxy) is 6. The predicted octanol–water partition coefficient (Wildman–Crippen LogP) is 4.52. The van der Waals surface area contributed by atoms with Gasteiger partial charge >= 0.3 is 23.9 Å². The van der Waals surface area contributed by atoms with Crippen LogP contribution < -0.4 is 14.2 Å². The minimum Gasteiger partial charge on any atom is -0.490 e. The molecule has 0 bridgehead atoms. The van der Waals surface area contributed by atoms with Crippen molar-refractivity contribution < 1.29 is 47.6 Å². The Hall–Kier alpha value is -5.38. The molecule has 0 spiro atoms. The maximum absolute atomic E-state index is 12.5. The standard InChI is InChI=1S/C32H30O10/c1-3-29(33)39-21-19-37-26-13-7-24(8-14-26)31(35)41-18-17-23-5-11-28(12-6-23)42-32(36)25-9-15-27(16-10-25)38-20-22-40-30(34)4-2/h3-16H,1-2,17-22H2. The Kier molecular flexibility index (Phi) is 12.4. The van der Waals surface area contributed by atoms with Gasteiger partial charge in [-0.05, 0) is 66.2 Å². The van der Waals surface area contributed by atoms with Gasteiger partial charge in [0.05, 0.1) is 17.7 Å². The fourth-order valence-corrected chi connectivity index (χ4v) is 3.33. The SMILES string of the molecule is C=CC(=O)OCCOc1ccc(C(=O)OCCc2ccc(OC(=O)c3ccc(OCCOC(=O)C=C)cc3)cc2)cc1. The van der Waals surface area contributed by atoms with Crippen LogP contribution in [0.3, 0.4) is 0 Å². The summed E-state index contributed by atoms with van der Waals surface area (Å²) in [4.78, 5) is 46.8. The molecule has 3 aromatic rings.